The highest BCUT2D eigenvalue weighted by Gasteiger charge is 2.47. The van der Waals surface area contributed by atoms with Gasteiger partial charge in [-0.05, 0) is 26.7 Å². The lowest BCUT2D eigenvalue weighted by molar-refractivity contribution is -0.0159. The predicted octanol–water partition coefficient (Wildman–Crippen LogP) is 2.80. The second-order valence-electron chi connectivity index (χ2n) is 6.84. The highest BCUT2D eigenvalue weighted by atomic mass is 16.7. The van der Waals surface area contributed by atoms with Gasteiger partial charge in [0.25, 0.3) is 0 Å². The number of hydrogen-bond donors (Lipinski definition) is 0. The van der Waals surface area contributed by atoms with Crippen LogP contribution in [0.15, 0.2) is 5.16 Å². The molecule has 1 spiro atoms. The van der Waals surface area contributed by atoms with Crippen LogP contribution in [0.5, 0.6) is 0 Å². The van der Waals surface area contributed by atoms with E-state index in [-0.39, 0.29) is 11.7 Å². The van der Waals surface area contributed by atoms with Crippen molar-refractivity contribution in [2.75, 3.05) is 13.1 Å². The Hall–Kier alpha value is -1.26. The SMILES string of the molecule is CC(C)C1=NOC2(CCN(C(=O)OC(C)(C)C)C2)C1. The summed E-state index contributed by atoms with van der Waals surface area (Å²) in [5.41, 5.74) is 0.325. The van der Waals surface area contributed by atoms with Crippen LogP contribution in [0.1, 0.15) is 47.5 Å². The van der Waals surface area contributed by atoms with Gasteiger partial charge in [0.1, 0.15) is 5.60 Å². The first-order valence-electron chi connectivity index (χ1n) is 6.94. The highest BCUT2D eigenvalue weighted by molar-refractivity contribution is 5.88. The molecule has 0 aliphatic carbocycles. The number of carbonyl (C=O) groups excluding carboxylic acids is 1. The van der Waals surface area contributed by atoms with Crippen molar-refractivity contribution in [1.29, 1.82) is 0 Å². The van der Waals surface area contributed by atoms with Crippen LogP contribution in [0, 0.1) is 5.92 Å². The lowest BCUT2D eigenvalue weighted by Gasteiger charge is -2.25. The van der Waals surface area contributed by atoms with Crippen molar-refractivity contribution >= 4 is 11.8 Å². The fourth-order valence-corrected chi connectivity index (χ4v) is 2.41. The fraction of sp³-hybridized carbons (Fsp3) is 0.857. The van der Waals surface area contributed by atoms with E-state index in [1.54, 1.807) is 4.90 Å². The van der Waals surface area contributed by atoms with E-state index in [2.05, 4.69) is 19.0 Å². The van der Waals surface area contributed by atoms with Crippen LogP contribution in [-0.2, 0) is 9.57 Å². The van der Waals surface area contributed by atoms with Crippen molar-refractivity contribution < 1.29 is 14.4 Å². The summed E-state index contributed by atoms with van der Waals surface area (Å²) in [5, 5.41) is 4.18. The van der Waals surface area contributed by atoms with Crippen LogP contribution in [0.4, 0.5) is 4.79 Å². The molecule has 0 aromatic heterocycles. The molecule has 1 fully saturated rings. The van der Waals surface area contributed by atoms with E-state index in [1.165, 1.54) is 0 Å². The molecule has 1 amide bonds. The second-order valence-corrected chi connectivity index (χ2v) is 6.84. The Labute approximate surface area is 114 Å². The number of amides is 1. The topological polar surface area (TPSA) is 51.1 Å². The molecular weight excluding hydrogens is 244 g/mol. The minimum Gasteiger partial charge on any atom is -0.444 e. The van der Waals surface area contributed by atoms with E-state index < -0.39 is 5.60 Å². The van der Waals surface area contributed by atoms with Crippen LogP contribution < -0.4 is 0 Å². The molecule has 0 radical (unpaired) electrons. The van der Waals surface area contributed by atoms with Crippen molar-refractivity contribution in [1.82, 2.24) is 4.90 Å². The van der Waals surface area contributed by atoms with E-state index >= 15 is 0 Å². The maximum atomic E-state index is 12.0. The molecule has 19 heavy (non-hydrogen) atoms. The molecule has 108 valence electrons. The molecule has 0 saturated carbocycles. The monoisotopic (exact) mass is 268 g/mol. The maximum absolute atomic E-state index is 12.0. The number of rotatable bonds is 1. The molecule has 1 unspecified atom stereocenters. The lowest BCUT2D eigenvalue weighted by atomic mass is 9.92. The summed E-state index contributed by atoms with van der Waals surface area (Å²) in [4.78, 5) is 19.4. The Morgan fingerprint density at radius 3 is 2.68 bits per heavy atom. The Morgan fingerprint density at radius 2 is 2.16 bits per heavy atom. The Kier molecular flexibility index (Phi) is 3.49. The van der Waals surface area contributed by atoms with Crippen molar-refractivity contribution in [3.63, 3.8) is 0 Å². The van der Waals surface area contributed by atoms with Gasteiger partial charge in [-0.2, -0.15) is 0 Å². The molecule has 5 nitrogen and oxygen atoms in total. The Morgan fingerprint density at radius 1 is 1.47 bits per heavy atom. The molecule has 2 heterocycles. The van der Waals surface area contributed by atoms with E-state index in [9.17, 15) is 4.79 Å². The third-order valence-electron chi connectivity index (χ3n) is 3.49. The molecule has 0 aromatic rings. The smallest absolute Gasteiger partial charge is 0.410 e. The molecule has 0 aromatic carbocycles. The minimum absolute atomic E-state index is 0.258. The lowest BCUT2D eigenvalue weighted by Crippen LogP contribution is -2.39. The van der Waals surface area contributed by atoms with Crippen molar-refractivity contribution in [2.45, 2.75) is 58.7 Å². The summed E-state index contributed by atoms with van der Waals surface area (Å²) in [5.74, 6) is 0.398. The van der Waals surface area contributed by atoms with E-state index in [4.69, 9.17) is 9.57 Å². The summed E-state index contributed by atoms with van der Waals surface area (Å²) >= 11 is 0. The van der Waals surface area contributed by atoms with Crippen molar-refractivity contribution in [3.05, 3.63) is 0 Å². The quantitative estimate of drug-likeness (QED) is 0.734. The standard InChI is InChI=1S/C14H24N2O3/c1-10(2)11-8-14(19-15-11)6-7-16(9-14)12(17)18-13(3,4)5/h10H,6-9H2,1-5H3. The van der Waals surface area contributed by atoms with Gasteiger partial charge in [0.05, 0.1) is 12.3 Å². The zero-order valence-electron chi connectivity index (χ0n) is 12.5. The summed E-state index contributed by atoms with van der Waals surface area (Å²) in [6.07, 6.45) is 1.39. The van der Waals surface area contributed by atoms with Gasteiger partial charge in [-0.25, -0.2) is 4.79 Å². The van der Waals surface area contributed by atoms with Crippen molar-refractivity contribution in [2.24, 2.45) is 11.1 Å². The molecule has 1 saturated heterocycles. The average molecular weight is 268 g/mol. The first-order valence-corrected chi connectivity index (χ1v) is 6.94. The minimum atomic E-state index is -0.455. The molecule has 0 bridgehead atoms. The Balaban J connectivity index is 1.93. The summed E-state index contributed by atoms with van der Waals surface area (Å²) in [7, 11) is 0. The van der Waals surface area contributed by atoms with Gasteiger partial charge in [-0.3, -0.25) is 0 Å². The first-order chi connectivity index (χ1) is 8.71. The van der Waals surface area contributed by atoms with E-state index in [0.717, 1.165) is 18.6 Å². The maximum Gasteiger partial charge on any atom is 0.410 e. The second kappa shape index (κ2) is 4.69. The first kappa shape index (κ1) is 14.2. The molecule has 1 atom stereocenters. The molecule has 2 aliphatic rings. The third kappa shape index (κ3) is 3.19. The number of likely N-dealkylation sites (tertiary alicyclic amines) is 1. The number of oxime groups is 1. The number of carbonyl (C=O) groups is 1. The van der Waals surface area contributed by atoms with Gasteiger partial charge < -0.3 is 14.5 Å². The van der Waals surface area contributed by atoms with E-state index in [1.807, 2.05) is 20.8 Å². The van der Waals surface area contributed by atoms with Crippen LogP contribution in [0.3, 0.4) is 0 Å². The zero-order chi connectivity index (χ0) is 14.3. The molecule has 0 N–H and O–H groups in total. The molecule has 5 heteroatoms. The summed E-state index contributed by atoms with van der Waals surface area (Å²) in [6.45, 7) is 11.1. The Bertz CT molecular complexity index is 398. The number of nitrogens with zero attached hydrogens (tertiary/aromatic N) is 2. The van der Waals surface area contributed by atoms with Gasteiger partial charge in [-0.15, -0.1) is 0 Å². The zero-order valence-corrected chi connectivity index (χ0v) is 12.5. The summed E-state index contributed by atoms with van der Waals surface area (Å²) in [6, 6.07) is 0. The van der Waals surface area contributed by atoms with Crippen LogP contribution in [0.2, 0.25) is 0 Å². The van der Waals surface area contributed by atoms with Gasteiger partial charge in [0.15, 0.2) is 5.60 Å². The number of hydrogen-bond acceptors (Lipinski definition) is 4. The largest absolute Gasteiger partial charge is 0.444 e. The molecule has 2 rings (SSSR count). The fourth-order valence-electron chi connectivity index (χ4n) is 2.41. The van der Waals surface area contributed by atoms with Gasteiger partial charge in [-0.1, -0.05) is 19.0 Å². The average Bonchev–Trinajstić information content (AvgIpc) is 2.85. The molecule has 2 aliphatic heterocycles. The highest BCUT2D eigenvalue weighted by Crippen LogP contribution is 2.35. The van der Waals surface area contributed by atoms with Gasteiger partial charge >= 0.3 is 6.09 Å². The van der Waals surface area contributed by atoms with Gasteiger partial charge in [0.2, 0.25) is 0 Å². The van der Waals surface area contributed by atoms with Crippen LogP contribution >= 0.6 is 0 Å². The van der Waals surface area contributed by atoms with Crippen molar-refractivity contribution in [3.8, 4) is 0 Å². The number of ether oxygens (including phenoxy) is 1. The predicted molar refractivity (Wildman–Crippen MR) is 73.1 cm³/mol. The van der Waals surface area contributed by atoms with Crippen LogP contribution in [0.25, 0.3) is 0 Å². The van der Waals surface area contributed by atoms with Gasteiger partial charge in [0, 0.05) is 19.4 Å². The third-order valence-corrected chi connectivity index (χ3v) is 3.49. The normalized spacial score (nSPS) is 26.8. The van der Waals surface area contributed by atoms with E-state index in [0.29, 0.717) is 19.0 Å². The molecular formula is C14H24N2O3. The van der Waals surface area contributed by atoms with Crippen LogP contribution in [-0.4, -0.2) is 41.0 Å². The summed E-state index contributed by atoms with van der Waals surface area (Å²) < 4.78 is 5.39.